The van der Waals surface area contributed by atoms with E-state index in [1.807, 2.05) is 0 Å². The summed E-state index contributed by atoms with van der Waals surface area (Å²) in [5, 5.41) is 3.33. The lowest BCUT2D eigenvalue weighted by atomic mass is 9.48. The first-order valence-corrected chi connectivity index (χ1v) is 9.17. The Labute approximate surface area is 145 Å². The second-order valence-corrected chi connectivity index (χ2v) is 8.74. The van der Waals surface area contributed by atoms with Gasteiger partial charge < -0.3 is 15.8 Å². The van der Waals surface area contributed by atoms with Gasteiger partial charge in [-0.25, -0.2) is 0 Å². The largest absolute Gasteiger partial charge is 0.381 e. The molecule has 5 fully saturated rings. The van der Waals surface area contributed by atoms with Crippen molar-refractivity contribution in [1.82, 2.24) is 5.32 Å². The number of nitrogens with two attached hydrogens (primary N) is 1. The van der Waals surface area contributed by atoms with Crippen molar-refractivity contribution < 1.29 is 9.53 Å². The molecule has 5 aliphatic rings. The molecule has 132 valence electrons. The highest BCUT2D eigenvalue weighted by Crippen LogP contribution is 2.61. The van der Waals surface area contributed by atoms with E-state index >= 15 is 0 Å². The number of carbonyl (C=O) groups is 1. The van der Waals surface area contributed by atoms with E-state index in [-0.39, 0.29) is 24.4 Å². The van der Waals surface area contributed by atoms with Crippen LogP contribution in [0.15, 0.2) is 0 Å². The molecular weight excluding hydrogens is 312 g/mol. The quantitative estimate of drug-likeness (QED) is 0.828. The Morgan fingerprint density at radius 1 is 1.09 bits per heavy atom. The Kier molecular flexibility index (Phi) is 4.72. The van der Waals surface area contributed by atoms with Gasteiger partial charge in [-0.1, -0.05) is 0 Å². The molecule has 1 unspecified atom stereocenters. The average molecular weight is 343 g/mol. The standard InChI is InChI=1S/C18H30N2O2.ClH/c1-12(20-16(21)18(19)2-4-22-5-3-18)17-9-13-6-14(10-17)8-15(7-13)11-17;/h12-15H,2-11,19H2,1H3,(H,20,21);1H. The number of ether oxygens (including phenoxy) is 1. The first kappa shape index (κ1) is 17.5. The summed E-state index contributed by atoms with van der Waals surface area (Å²) in [5.41, 5.74) is 5.99. The summed E-state index contributed by atoms with van der Waals surface area (Å²) in [6.07, 6.45) is 9.58. The van der Waals surface area contributed by atoms with Crippen molar-refractivity contribution in [1.29, 1.82) is 0 Å². The van der Waals surface area contributed by atoms with Gasteiger partial charge in [0, 0.05) is 19.3 Å². The van der Waals surface area contributed by atoms with Gasteiger partial charge in [0.1, 0.15) is 0 Å². The van der Waals surface area contributed by atoms with Gasteiger partial charge in [-0.3, -0.25) is 4.79 Å². The van der Waals surface area contributed by atoms with Gasteiger partial charge in [-0.2, -0.15) is 0 Å². The summed E-state index contributed by atoms with van der Waals surface area (Å²) in [6, 6.07) is 0.261. The molecule has 1 saturated heterocycles. The highest BCUT2D eigenvalue weighted by Gasteiger charge is 2.53. The van der Waals surface area contributed by atoms with E-state index in [1.165, 1.54) is 38.5 Å². The molecule has 1 amide bonds. The Morgan fingerprint density at radius 2 is 1.57 bits per heavy atom. The lowest BCUT2D eigenvalue weighted by Gasteiger charge is -2.59. The predicted octanol–water partition coefficient (Wildman–Crippen LogP) is 2.64. The van der Waals surface area contributed by atoms with Crippen molar-refractivity contribution in [3.8, 4) is 0 Å². The lowest BCUT2D eigenvalue weighted by Crippen LogP contribution is -2.62. The minimum absolute atomic E-state index is 0. The van der Waals surface area contributed by atoms with Crippen LogP contribution in [0.3, 0.4) is 0 Å². The molecule has 1 heterocycles. The van der Waals surface area contributed by atoms with E-state index in [4.69, 9.17) is 10.5 Å². The Balaban J connectivity index is 0.00000156. The van der Waals surface area contributed by atoms with Crippen LogP contribution >= 0.6 is 12.4 Å². The zero-order chi connectivity index (χ0) is 15.4. The minimum atomic E-state index is -0.713. The van der Waals surface area contributed by atoms with E-state index in [9.17, 15) is 4.79 Å². The van der Waals surface area contributed by atoms with Crippen LogP contribution in [0.2, 0.25) is 0 Å². The molecule has 1 aliphatic heterocycles. The number of hydrogen-bond donors (Lipinski definition) is 2. The number of nitrogens with one attached hydrogen (secondary N) is 1. The van der Waals surface area contributed by atoms with Crippen LogP contribution in [-0.2, 0) is 9.53 Å². The number of hydrogen-bond acceptors (Lipinski definition) is 3. The molecule has 4 aliphatic carbocycles. The Morgan fingerprint density at radius 3 is 2.04 bits per heavy atom. The van der Waals surface area contributed by atoms with Gasteiger partial charge in [-0.15, -0.1) is 12.4 Å². The summed E-state index contributed by atoms with van der Waals surface area (Å²) >= 11 is 0. The SMILES string of the molecule is CC(NC(=O)C1(N)CCOCC1)C12CC3CC(CC(C3)C1)C2.Cl. The molecule has 4 bridgehead atoms. The zero-order valence-electron chi connectivity index (χ0n) is 14.2. The van der Waals surface area contributed by atoms with Crippen LogP contribution in [0.5, 0.6) is 0 Å². The maximum absolute atomic E-state index is 12.7. The smallest absolute Gasteiger partial charge is 0.240 e. The van der Waals surface area contributed by atoms with E-state index in [2.05, 4.69) is 12.2 Å². The van der Waals surface area contributed by atoms with Crippen LogP contribution in [0.1, 0.15) is 58.3 Å². The zero-order valence-corrected chi connectivity index (χ0v) is 15.0. The van der Waals surface area contributed by atoms with E-state index in [0.29, 0.717) is 31.5 Å². The van der Waals surface area contributed by atoms with E-state index in [0.717, 1.165) is 17.8 Å². The van der Waals surface area contributed by atoms with E-state index in [1.54, 1.807) is 0 Å². The van der Waals surface area contributed by atoms with Gasteiger partial charge in [0.2, 0.25) is 5.91 Å². The van der Waals surface area contributed by atoms with Gasteiger partial charge in [0.15, 0.2) is 0 Å². The predicted molar refractivity (Wildman–Crippen MR) is 92.4 cm³/mol. The molecule has 0 aromatic carbocycles. The number of halogens is 1. The third kappa shape index (κ3) is 3.03. The number of rotatable bonds is 3. The fourth-order valence-corrected chi connectivity index (χ4v) is 6.16. The van der Waals surface area contributed by atoms with Crippen LogP contribution < -0.4 is 11.1 Å². The van der Waals surface area contributed by atoms with Crippen LogP contribution in [-0.4, -0.2) is 30.7 Å². The monoisotopic (exact) mass is 342 g/mol. The van der Waals surface area contributed by atoms with Crippen LogP contribution in [0.4, 0.5) is 0 Å². The molecule has 4 saturated carbocycles. The van der Waals surface area contributed by atoms with Crippen molar-refractivity contribution in [2.24, 2.45) is 28.9 Å². The molecule has 0 aromatic heterocycles. The summed E-state index contributed by atoms with van der Waals surface area (Å²) in [7, 11) is 0. The first-order chi connectivity index (χ1) is 10.5. The molecule has 4 nitrogen and oxygen atoms in total. The van der Waals surface area contributed by atoms with Gasteiger partial charge >= 0.3 is 0 Å². The van der Waals surface area contributed by atoms with Gasteiger partial charge in [-0.05, 0) is 81.5 Å². The minimum Gasteiger partial charge on any atom is -0.381 e. The summed E-state index contributed by atoms with van der Waals surface area (Å²) in [6.45, 7) is 3.44. The molecule has 23 heavy (non-hydrogen) atoms. The van der Waals surface area contributed by atoms with Crippen molar-refractivity contribution in [2.75, 3.05) is 13.2 Å². The molecule has 1 atom stereocenters. The highest BCUT2D eigenvalue weighted by molar-refractivity contribution is 5.86. The molecule has 0 spiro atoms. The van der Waals surface area contributed by atoms with Crippen molar-refractivity contribution in [3.63, 3.8) is 0 Å². The Bertz CT molecular complexity index is 427. The molecule has 0 radical (unpaired) electrons. The Hall–Kier alpha value is -0.320. The van der Waals surface area contributed by atoms with Crippen molar-refractivity contribution in [2.45, 2.75) is 69.9 Å². The normalized spacial score (nSPS) is 41.9. The first-order valence-electron chi connectivity index (χ1n) is 9.17. The van der Waals surface area contributed by atoms with Crippen molar-refractivity contribution in [3.05, 3.63) is 0 Å². The average Bonchev–Trinajstić information content (AvgIpc) is 2.46. The second-order valence-electron chi connectivity index (χ2n) is 8.74. The molecule has 0 aromatic rings. The maximum Gasteiger partial charge on any atom is 0.240 e. The third-order valence-electron chi connectivity index (χ3n) is 7.19. The van der Waals surface area contributed by atoms with Gasteiger partial charge in [0.05, 0.1) is 5.54 Å². The van der Waals surface area contributed by atoms with Crippen LogP contribution in [0.25, 0.3) is 0 Å². The molecule has 5 rings (SSSR count). The van der Waals surface area contributed by atoms with E-state index < -0.39 is 5.54 Å². The second kappa shape index (κ2) is 6.20. The molecule has 5 heteroatoms. The van der Waals surface area contributed by atoms with Crippen LogP contribution in [0, 0.1) is 23.2 Å². The van der Waals surface area contributed by atoms with Gasteiger partial charge in [0.25, 0.3) is 0 Å². The third-order valence-corrected chi connectivity index (χ3v) is 7.19. The molecule has 3 N–H and O–H groups in total. The number of amides is 1. The highest BCUT2D eigenvalue weighted by atomic mass is 35.5. The maximum atomic E-state index is 12.7. The van der Waals surface area contributed by atoms with Crippen molar-refractivity contribution >= 4 is 18.3 Å². The molecular formula is C18H31ClN2O2. The summed E-state index contributed by atoms with van der Waals surface area (Å²) in [5.74, 6) is 2.81. The fourth-order valence-electron chi connectivity index (χ4n) is 6.16. The summed E-state index contributed by atoms with van der Waals surface area (Å²) in [4.78, 5) is 12.7. The lowest BCUT2D eigenvalue weighted by molar-refractivity contribution is -0.134. The fraction of sp³-hybridized carbons (Fsp3) is 0.944. The number of carbonyl (C=O) groups excluding carboxylic acids is 1. The topological polar surface area (TPSA) is 64.4 Å². The summed E-state index contributed by atoms with van der Waals surface area (Å²) < 4.78 is 5.36.